The number of aromatic nitrogens is 2. The molecule has 0 bridgehead atoms. The van der Waals surface area contributed by atoms with Crippen molar-refractivity contribution in [2.75, 3.05) is 18.9 Å². The summed E-state index contributed by atoms with van der Waals surface area (Å²) >= 11 is 0. The van der Waals surface area contributed by atoms with Crippen molar-refractivity contribution in [3.63, 3.8) is 0 Å². The third-order valence-electron chi connectivity index (χ3n) is 4.71. The van der Waals surface area contributed by atoms with Gasteiger partial charge in [-0.1, -0.05) is 12.8 Å². The molecule has 1 aromatic heterocycles. The van der Waals surface area contributed by atoms with E-state index in [0.29, 0.717) is 11.8 Å². The Labute approximate surface area is 115 Å². The van der Waals surface area contributed by atoms with Crippen LogP contribution in [-0.2, 0) is 11.3 Å². The molecule has 2 heterocycles. The summed E-state index contributed by atoms with van der Waals surface area (Å²) < 4.78 is 7.70. The fourth-order valence-electron chi connectivity index (χ4n) is 3.60. The molecule has 1 aliphatic carbocycles. The van der Waals surface area contributed by atoms with Crippen LogP contribution in [0.15, 0.2) is 0 Å². The lowest BCUT2D eigenvalue weighted by atomic mass is 9.96. The zero-order valence-corrected chi connectivity index (χ0v) is 11.9. The molecule has 106 valence electrons. The van der Waals surface area contributed by atoms with Gasteiger partial charge in [0.1, 0.15) is 11.6 Å². The van der Waals surface area contributed by atoms with Crippen molar-refractivity contribution >= 4 is 5.82 Å². The molecule has 1 aliphatic heterocycles. The monoisotopic (exact) mass is 263 g/mol. The predicted octanol–water partition coefficient (Wildman–Crippen LogP) is 3.04. The van der Waals surface area contributed by atoms with Crippen LogP contribution in [0.3, 0.4) is 0 Å². The van der Waals surface area contributed by atoms with E-state index in [0.717, 1.165) is 44.1 Å². The van der Waals surface area contributed by atoms with Gasteiger partial charge in [0.05, 0.1) is 5.69 Å². The lowest BCUT2D eigenvalue weighted by molar-refractivity contribution is 0.0847. The summed E-state index contributed by atoms with van der Waals surface area (Å²) in [7, 11) is 0. The van der Waals surface area contributed by atoms with Gasteiger partial charge in [0.2, 0.25) is 0 Å². The highest BCUT2D eigenvalue weighted by Gasteiger charge is 2.28. The molecule has 2 fully saturated rings. The molecule has 19 heavy (non-hydrogen) atoms. The van der Waals surface area contributed by atoms with Crippen LogP contribution in [0.4, 0.5) is 5.82 Å². The molecule has 0 amide bonds. The Bertz CT molecular complexity index is 429. The fourth-order valence-corrected chi connectivity index (χ4v) is 3.60. The van der Waals surface area contributed by atoms with Crippen LogP contribution in [0, 0.1) is 0 Å². The topological polar surface area (TPSA) is 53.1 Å². The second-order valence-electron chi connectivity index (χ2n) is 5.85. The Kier molecular flexibility index (Phi) is 3.78. The molecule has 0 atom stereocenters. The van der Waals surface area contributed by atoms with E-state index in [1.807, 2.05) is 0 Å². The zero-order chi connectivity index (χ0) is 13.2. The van der Waals surface area contributed by atoms with Gasteiger partial charge in [-0.2, -0.15) is 0 Å². The quantitative estimate of drug-likeness (QED) is 0.912. The van der Waals surface area contributed by atoms with Crippen molar-refractivity contribution in [2.24, 2.45) is 0 Å². The first kappa shape index (κ1) is 13.0. The minimum Gasteiger partial charge on any atom is -0.384 e. The van der Waals surface area contributed by atoms with Crippen molar-refractivity contribution < 1.29 is 4.74 Å². The molecular formula is C15H25N3O. The average molecular weight is 263 g/mol. The average Bonchev–Trinajstić information content (AvgIpc) is 3.07. The standard InChI is InChI=1S/C15H25N3O/c1-2-18-14(16)13(11-7-9-19-10-8-11)17-15(18)12-5-3-4-6-12/h11-12H,2-10,16H2,1H3. The van der Waals surface area contributed by atoms with Crippen LogP contribution in [-0.4, -0.2) is 22.8 Å². The van der Waals surface area contributed by atoms with Gasteiger partial charge in [-0.05, 0) is 32.6 Å². The van der Waals surface area contributed by atoms with E-state index >= 15 is 0 Å². The van der Waals surface area contributed by atoms with E-state index in [-0.39, 0.29) is 0 Å². The molecule has 2 N–H and O–H groups in total. The van der Waals surface area contributed by atoms with Gasteiger partial charge in [0, 0.05) is 31.6 Å². The normalized spacial score (nSPS) is 22.2. The molecule has 1 aromatic rings. The summed E-state index contributed by atoms with van der Waals surface area (Å²) in [4.78, 5) is 4.97. The Hall–Kier alpha value is -1.03. The van der Waals surface area contributed by atoms with Crippen molar-refractivity contribution in [1.82, 2.24) is 9.55 Å². The third kappa shape index (κ3) is 2.38. The zero-order valence-electron chi connectivity index (χ0n) is 11.9. The molecule has 0 spiro atoms. The molecule has 4 nitrogen and oxygen atoms in total. The van der Waals surface area contributed by atoms with E-state index < -0.39 is 0 Å². The first-order chi connectivity index (χ1) is 9.31. The summed E-state index contributed by atoms with van der Waals surface area (Å²) in [5, 5.41) is 0. The highest BCUT2D eigenvalue weighted by molar-refractivity contribution is 5.41. The lowest BCUT2D eigenvalue weighted by Gasteiger charge is -2.20. The molecule has 4 heteroatoms. The van der Waals surface area contributed by atoms with Gasteiger partial charge in [0.25, 0.3) is 0 Å². The number of nitrogens with two attached hydrogens (primary N) is 1. The number of ether oxygens (including phenoxy) is 1. The van der Waals surface area contributed by atoms with Crippen molar-refractivity contribution in [3.8, 4) is 0 Å². The van der Waals surface area contributed by atoms with E-state index in [9.17, 15) is 0 Å². The highest BCUT2D eigenvalue weighted by atomic mass is 16.5. The maximum atomic E-state index is 6.37. The molecule has 0 radical (unpaired) electrons. The summed E-state index contributed by atoms with van der Waals surface area (Å²) in [5.74, 6) is 3.30. The lowest BCUT2D eigenvalue weighted by Crippen LogP contribution is -2.15. The minimum absolute atomic E-state index is 0.502. The summed E-state index contributed by atoms with van der Waals surface area (Å²) in [5.41, 5.74) is 7.52. The molecule has 0 aromatic carbocycles. The SMILES string of the molecule is CCn1c(C2CCCC2)nc(C2CCOCC2)c1N. The van der Waals surface area contributed by atoms with Crippen LogP contribution < -0.4 is 5.73 Å². The second kappa shape index (κ2) is 5.53. The van der Waals surface area contributed by atoms with Crippen molar-refractivity contribution in [3.05, 3.63) is 11.5 Å². The molecule has 1 saturated carbocycles. The van der Waals surface area contributed by atoms with Gasteiger partial charge in [-0.3, -0.25) is 0 Å². The Morgan fingerprint density at radius 3 is 2.47 bits per heavy atom. The summed E-state index contributed by atoms with van der Waals surface area (Å²) in [6, 6.07) is 0. The predicted molar refractivity (Wildman–Crippen MR) is 76.3 cm³/mol. The maximum absolute atomic E-state index is 6.37. The third-order valence-corrected chi connectivity index (χ3v) is 4.71. The molecule has 0 unspecified atom stereocenters. The smallest absolute Gasteiger partial charge is 0.127 e. The fraction of sp³-hybridized carbons (Fsp3) is 0.800. The second-order valence-corrected chi connectivity index (χ2v) is 5.85. The van der Waals surface area contributed by atoms with Gasteiger partial charge < -0.3 is 15.0 Å². The number of rotatable bonds is 3. The van der Waals surface area contributed by atoms with E-state index in [1.165, 1.54) is 31.5 Å². The number of nitrogens with zero attached hydrogens (tertiary/aromatic N) is 2. The van der Waals surface area contributed by atoms with Crippen LogP contribution in [0.5, 0.6) is 0 Å². The molecule has 3 rings (SSSR count). The van der Waals surface area contributed by atoms with Crippen LogP contribution in [0.25, 0.3) is 0 Å². The molecular weight excluding hydrogens is 238 g/mol. The highest BCUT2D eigenvalue weighted by Crippen LogP contribution is 2.38. The Balaban J connectivity index is 1.91. The Morgan fingerprint density at radius 1 is 1.16 bits per heavy atom. The van der Waals surface area contributed by atoms with Crippen LogP contribution in [0.1, 0.15) is 68.8 Å². The molecule has 1 saturated heterocycles. The van der Waals surface area contributed by atoms with Gasteiger partial charge in [0.15, 0.2) is 0 Å². The van der Waals surface area contributed by atoms with Crippen molar-refractivity contribution in [1.29, 1.82) is 0 Å². The largest absolute Gasteiger partial charge is 0.384 e. The maximum Gasteiger partial charge on any atom is 0.127 e. The van der Waals surface area contributed by atoms with Gasteiger partial charge in [-0.15, -0.1) is 0 Å². The Morgan fingerprint density at radius 2 is 1.84 bits per heavy atom. The minimum atomic E-state index is 0.502. The van der Waals surface area contributed by atoms with Crippen LogP contribution in [0.2, 0.25) is 0 Å². The summed E-state index contributed by atoms with van der Waals surface area (Å²) in [6.07, 6.45) is 7.37. The van der Waals surface area contributed by atoms with E-state index in [1.54, 1.807) is 0 Å². The van der Waals surface area contributed by atoms with Gasteiger partial charge >= 0.3 is 0 Å². The van der Waals surface area contributed by atoms with E-state index in [4.69, 9.17) is 15.5 Å². The summed E-state index contributed by atoms with van der Waals surface area (Å²) in [6.45, 7) is 4.81. The number of imidazole rings is 1. The molecule has 2 aliphatic rings. The first-order valence-corrected chi connectivity index (χ1v) is 7.74. The number of hydrogen-bond acceptors (Lipinski definition) is 3. The van der Waals surface area contributed by atoms with Crippen molar-refractivity contribution in [2.45, 2.75) is 63.8 Å². The first-order valence-electron chi connectivity index (χ1n) is 7.74. The van der Waals surface area contributed by atoms with E-state index in [2.05, 4.69) is 11.5 Å². The number of anilines is 1. The van der Waals surface area contributed by atoms with Crippen LogP contribution >= 0.6 is 0 Å². The van der Waals surface area contributed by atoms with Gasteiger partial charge in [-0.25, -0.2) is 4.98 Å². The number of hydrogen-bond donors (Lipinski definition) is 1. The number of nitrogen functional groups attached to an aromatic ring is 1.